The van der Waals surface area contributed by atoms with E-state index >= 15 is 0 Å². The van der Waals surface area contributed by atoms with Gasteiger partial charge in [-0.15, -0.1) is 0 Å². The molecule has 0 bridgehead atoms. The molecule has 0 spiro atoms. The first-order chi connectivity index (χ1) is 11.9. The van der Waals surface area contributed by atoms with Crippen molar-refractivity contribution in [3.8, 4) is 0 Å². The van der Waals surface area contributed by atoms with Crippen LogP contribution >= 0.6 is 0 Å². The van der Waals surface area contributed by atoms with Gasteiger partial charge in [-0.2, -0.15) is 0 Å². The highest BCUT2D eigenvalue weighted by Crippen LogP contribution is 2.21. The average Bonchev–Trinajstić information content (AvgIpc) is 2.56. The number of ether oxygens (including phenoxy) is 1. The van der Waals surface area contributed by atoms with E-state index in [1.165, 1.54) is 0 Å². The fourth-order valence-electron chi connectivity index (χ4n) is 2.79. The standard InChI is InChI=1S/C19H29N3O3/c1-13(2)9-18(23)21-16-7-6-14(3)17(10-16)22-19(24)20-11-15-5-4-8-25-12-15/h6-7,10,13,15H,4-5,8-9,11-12H2,1-3H3,(H,21,23)(H2,20,22,24). The second-order valence-electron chi connectivity index (χ2n) is 7.09. The number of nitrogens with one attached hydrogen (secondary N) is 3. The third kappa shape index (κ3) is 6.74. The van der Waals surface area contributed by atoms with Gasteiger partial charge < -0.3 is 20.7 Å². The molecule has 3 N–H and O–H groups in total. The summed E-state index contributed by atoms with van der Waals surface area (Å²) < 4.78 is 5.42. The van der Waals surface area contributed by atoms with Crippen molar-refractivity contribution in [1.82, 2.24) is 5.32 Å². The maximum absolute atomic E-state index is 12.1. The molecule has 6 heteroatoms. The van der Waals surface area contributed by atoms with Crippen LogP contribution in [0.2, 0.25) is 0 Å². The lowest BCUT2D eigenvalue weighted by Gasteiger charge is -2.22. The number of aryl methyl sites for hydroxylation is 1. The first-order valence-electron chi connectivity index (χ1n) is 8.97. The maximum atomic E-state index is 12.1. The number of urea groups is 1. The molecule has 0 aromatic heterocycles. The highest BCUT2D eigenvalue weighted by molar-refractivity contribution is 5.94. The largest absolute Gasteiger partial charge is 0.381 e. The van der Waals surface area contributed by atoms with Gasteiger partial charge in [0.05, 0.1) is 6.61 Å². The number of carbonyl (C=O) groups excluding carboxylic acids is 2. The van der Waals surface area contributed by atoms with Crippen molar-refractivity contribution >= 4 is 23.3 Å². The number of carbonyl (C=O) groups is 2. The van der Waals surface area contributed by atoms with Gasteiger partial charge in [-0.1, -0.05) is 19.9 Å². The van der Waals surface area contributed by atoms with Crippen molar-refractivity contribution in [2.75, 3.05) is 30.4 Å². The Morgan fingerprint density at radius 2 is 2.08 bits per heavy atom. The van der Waals surface area contributed by atoms with Crippen LogP contribution in [0.4, 0.5) is 16.2 Å². The highest BCUT2D eigenvalue weighted by Gasteiger charge is 2.15. The Hall–Kier alpha value is -2.08. The van der Waals surface area contributed by atoms with Crippen LogP contribution in [-0.2, 0) is 9.53 Å². The van der Waals surface area contributed by atoms with Crippen LogP contribution in [0.15, 0.2) is 18.2 Å². The first-order valence-corrected chi connectivity index (χ1v) is 8.97. The Balaban J connectivity index is 1.88. The summed E-state index contributed by atoms with van der Waals surface area (Å²) in [5.41, 5.74) is 2.32. The number of hydrogen-bond acceptors (Lipinski definition) is 3. The zero-order valence-corrected chi connectivity index (χ0v) is 15.4. The number of anilines is 2. The monoisotopic (exact) mass is 347 g/mol. The topological polar surface area (TPSA) is 79.5 Å². The molecular weight excluding hydrogens is 318 g/mol. The van der Waals surface area contributed by atoms with Crippen LogP contribution in [0.5, 0.6) is 0 Å². The van der Waals surface area contributed by atoms with Gasteiger partial charge in [0, 0.05) is 30.9 Å². The van der Waals surface area contributed by atoms with Crippen molar-refractivity contribution in [2.24, 2.45) is 11.8 Å². The minimum absolute atomic E-state index is 0.0217. The minimum Gasteiger partial charge on any atom is -0.381 e. The van der Waals surface area contributed by atoms with Crippen LogP contribution in [0.25, 0.3) is 0 Å². The summed E-state index contributed by atoms with van der Waals surface area (Å²) in [7, 11) is 0. The SMILES string of the molecule is Cc1ccc(NC(=O)CC(C)C)cc1NC(=O)NCC1CCCOC1. The molecule has 0 saturated carbocycles. The quantitative estimate of drug-likeness (QED) is 0.736. The highest BCUT2D eigenvalue weighted by atomic mass is 16.5. The molecule has 1 fully saturated rings. The average molecular weight is 347 g/mol. The Morgan fingerprint density at radius 3 is 2.76 bits per heavy atom. The molecule has 0 radical (unpaired) electrons. The number of rotatable bonds is 6. The zero-order chi connectivity index (χ0) is 18.2. The van der Waals surface area contributed by atoms with Gasteiger partial charge in [-0.3, -0.25) is 4.79 Å². The molecule has 1 aromatic rings. The Kier molecular flexibility index (Phi) is 7.25. The van der Waals surface area contributed by atoms with E-state index in [0.29, 0.717) is 42.8 Å². The van der Waals surface area contributed by atoms with Gasteiger partial charge in [0.25, 0.3) is 0 Å². The smallest absolute Gasteiger partial charge is 0.319 e. The van der Waals surface area contributed by atoms with E-state index in [9.17, 15) is 9.59 Å². The lowest BCUT2D eigenvalue weighted by atomic mass is 10.0. The van der Waals surface area contributed by atoms with Crippen LogP contribution in [-0.4, -0.2) is 31.7 Å². The van der Waals surface area contributed by atoms with Crippen molar-refractivity contribution in [2.45, 2.75) is 40.0 Å². The summed E-state index contributed by atoms with van der Waals surface area (Å²) in [5.74, 6) is 0.659. The number of benzene rings is 1. The van der Waals surface area contributed by atoms with Crippen molar-refractivity contribution < 1.29 is 14.3 Å². The van der Waals surface area contributed by atoms with E-state index in [-0.39, 0.29) is 11.9 Å². The van der Waals surface area contributed by atoms with Crippen LogP contribution in [0.3, 0.4) is 0 Å². The van der Waals surface area contributed by atoms with E-state index in [1.54, 1.807) is 6.07 Å². The molecule has 1 aromatic carbocycles. The third-order valence-electron chi connectivity index (χ3n) is 4.17. The third-order valence-corrected chi connectivity index (χ3v) is 4.17. The second-order valence-corrected chi connectivity index (χ2v) is 7.09. The van der Waals surface area contributed by atoms with Crippen molar-refractivity contribution in [1.29, 1.82) is 0 Å². The summed E-state index contributed by atoms with van der Waals surface area (Å²) in [4.78, 5) is 24.0. The summed E-state index contributed by atoms with van der Waals surface area (Å²) in [5, 5.41) is 8.63. The Morgan fingerprint density at radius 1 is 1.28 bits per heavy atom. The lowest BCUT2D eigenvalue weighted by Crippen LogP contribution is -2.36. The number of amides is 3. The lowest BCUT2D eigenvalue weighted by molar-refractivity contribution is -0.116. The van der Waals surface area contributed by atoms with Crippen LogP contribution < -0.4 is 16.0 Å². The molecule has 138 valence electrons. The summed E-state index contributed by atoms with van der Waals surface area (Å²) in [6.07, 6.45) is 2.60. The fraction of sp³-hybridized carbons (Fsp3) is 0.579. The van der Waals surface area contributed by atoms with Gasteiger partial charge in [0.2, 0.25) is 5.91 Å². The van der Waals surface area contributed by atoms with Crippen LogP contribution in [0, 0.1) is 18.8 Å². The van der Waals surface area contributed by atoms with Crippen molar-refractivity contribution in [3.05, 3.63) is 23.8 Å². The normalized spacial score (nSPS) is 17.2. The molecule has 1 saturated heterocycles. The van der Waals surface area contributed by atoms with Crippen molar-refractivity contribution in [3.63, 3.8) is 0 Å². The molecule has 2 rings (SSSR count). The van der Waals surface area contributed by atoms with E-state index in [4.69, 9.17) is 4.74 Å². The maximum Gasteiger partial charge on any atom is 0.319 e. The molecule has 1 heterocycles. The summed E-state index contributed by atoms with van der Waals surface area (Å²) in [6, 6.07) is 5.28. The predicted octanol–water partition coefficient (Wildman–Crippen LogP) is 3.53. The second kappa shape index (κ2) is 9.42. The summed E-state index contributed by atoms with van der Waals surface area (Å²) >= 11 is 0. The predicted molar refractivity (Wildman–Crippen MR) is 99.8 cm³/mol. The van der Waals surface area contributed by atoms with Gasteiger partial charge in [0.15, 0.2) is 0 Å². The Labute approximate surface area is 149 Å². The zero-order valence-electron chi connectivity index (χ0n) is 15.4. The fourth-order valence-corrected chi connectivity index (χ4v) is 2.79. The van der Waals surface area contributed by atoms with Gasteiger partial charge in [0.1, 0.15) is 0 Å². The van der Waals surface area contributed by atoms with E-state index in [2.05, 4.69) is 16.0 Å². The van der Waals surface area contributed by atoms with Gasteiger partial charge in [-0.25, -0.2) is 4.79 Å². The van der Waals surface area contributed by atoms with E-state index in [1.807, 2.05) is 32.9 Å². The summed E-state index contributed by atoms with van der Waals surface area (Å²) in [6.45, 7) is 8.06. The molecule has 1 aliphatic rings. The molecule has 3 amide bonds. The van der Waals surface area contributed by atoms with Gasteiger partial charge in [-0.05, 0) is 49.3 Å². The molecule has 25 heavy (non-hydrogen) atoms. The Bertz CT molecular complexity index is 596. The molecule has 0 aliphatic carbocycles. The molecule has 1 aliphatic heterocycles. The first kappa shape index (κ1) is 19.2. The van der Waals surface area contributed by atoms with E-state index < -0.39 is 0 Å². The van der Waals surface area contributed by atoms with Gasteiger partial charge >= 0.3 is 6.03 Å². The molecular formula is C19H29N3O3. The molecule has 1 atom stereocenters. The number of hydrogen-bond donors (Lipinski definition) is 3. The minimum atomic E-state index is -0.237. The van der Waals surface area contributed by atoms with E-state index in [0.717, 1.165) is 25.0 Å². The molecule has 6 nitrogen and oxygen atoms in total. The molecule has 1 unspecified atom stereocenters. The van der Waals surface area contributed by atoms with Crippen LogP contribution in [0.1, 0.15) is 38.7 Å².